The number of hydrogen-bond donors (Lipinski definition) is 0. The molecule has 0 fully saturated rings. The highest BCUT2D eigenvalue weighted by Crippen LogP contribution is 2.10. The van der Waals surface area contributed by atoms with Gasteiger partial charge < -0.3 is 9.47 Å². The third-order valence-electron chi connectivity index (χ3n) is 3.21. The molecule has 0 atom stereocenters. The van der Waals surface area contributed by atoms with Gasteiger partial charge >= 0.3 is 5.97 Å². The van der Waals surface area contributed by atoms with Crippen molar-refractivity contribution in [3.63, 3.8) is 0 Å². The Kier molecular flexibility index (Phi) is 15.6. The minimum Gasteiger partial charge on any atom is -0.463 e. The number of carbonyl (C=O) groups excluding carboxylic acids is 1. The van der Waals surface area contributed by atoms with Crippen LogP contribution in [0.5, 0.6) is 0 Å². The maximum absolute atomic E-state index is 11.4. The molecule has 0 heterocycles. The summed E-state index contributed by atoms with van der Waals surface area (Å²) in [6.45, 7) is 7.10. The summed E-state index contributed by atoms with van der Waals surface area (Å²) in [5, 5.41) is 0. The number of hydrogen-bond acceptors (Lipinski definition) is 3. The predicted octanol–water partition coefficient (Wildman–Crippen LogP) is 4.65. The second-order valence-corrected chi connectivity index (χ2v) is 5.16. The van der Waals surface area contributed by atoms with Gasteiger partial charge in [-0.1, -0.05) is 64.4 Å². The molecule has 0 spiro atoms. The number of unbranched alkanes of at least 4 members (excludes halogenated alkanes) is 8. The van der Waals surface area contributed by atoms with Crippen LogP contribution in [-0.4, -0.2) is 25.8 Å². The van der Waals surface area contributed by atoms with Crippen LogP contribution in [-0.2, 0) is 14.3 Å². The number of esters is 1. The molecular formula is C17H32O3. The molecule has 0 bridgehead atoms. The van der Waals surface area contributed by atoms with Crippen molar-refractivity contribution in [1.29, 1.82) is 0 Å². The normalized spacial score (nSPS) is 10.4. The van der Waals surface area contributed by atoms with Gasteiger partial charge in [-0.3, -0.25) is 4.79 Å². The summed E-state index contributed by atoms with van der Waals surface area (Å²) in [5.74, 6) is -0.102. The van der Waals surface area contributed by atoms with Gasteiger partial charge in [0, 0.05) is 6.42 Å². The Morgan fingerprint density at radius 3 is 2.15 bits per heavy atom. The second kappa shape index (κ2) is 16.2. The van der Waals surface area contributed by atoms with Crippen molar-refractivity contribution < 1.29 is 14.3 Å². The standard InChI is InChI=1S/C17H32O3/c1-3-5-6-7-8-9-10-11-12-13-17(18)20-16-15-19-14-4-2/h4H,2-3,5-16H2,1H3. The Morgan fingerprint density at radius 2 is 1.55 bits per heavy atom. The summed E-state index contributed by atoms with van der Waals surface area (Å²) >= 11 is 0. The van der Waals surface area contributed by atoms with Crippen molar-refractivity contribution in [2.75, 3.05) is 19.8 Å². The summed E-state index contributed by atoms with van der Waals surface area (Å²) in [5.41, 5.74) is 0. The lowest BCUT2D eigenvalue weighted by atomic mass is 10.1. The van der Waals surface area contributed by atoms with Crippen LogP contribution in [0.25, 0.3) is 0 Å². The third-order valence-corrected chi connectivity index (χ3v) is 3.21. The molecule has 0 aromatic heterocycles. The van der Waals surface area contributed by atoms with E-state index in [1.54, 1.807) is 6.08 Å². The third kappa shape index (κ3) is 15.2. The molecule has 0 unspecified atom stereocenters. The fourth-order valence-corrected chi connectivity index (χ4v) is 2.03. The topological polar surface area (TPSA) is 35.5 Å². The Labute approximate surface area is 124 Å². The van der Waals surface area contributed by atoms with Crippen LogP contribution in [0.3, 0.4) is 0 Å². The first kappa shape index (κ1) is 19.2. The molecule has 0 amide bonds. The van der Waals surface area contributed by atoms with E-state index in [9.17, 15) is 4.79 Å². The molecule has 0 aromatic rings. The molecule has 20 heavy (non-hydrogen) atoms. The average molecular weight is 284 g/mol. The molecule has 118 valence electrons. The second-order valence-electron chi connectivity index (χ2n) is 5.16. The van der Waals surface area contributed by atoms with Crippen LogP contribution in [0.2, 0.25) is 0 Å². The summed E-state index contributed by atoms with van der Waals surface area (Å²) in [4.78, 5) is 11.4. The van der Waals surface area contributed by atoms with E-state index in [0.29, 0.717) is 26.2 Å². The zero-order chi connectivity index (χ0) is 14.9. The number of carbonyl (C=O) groups is 1. The molecule has 0 aliphatic heterocycles. The monoisotopic (exact) mass is 284 g/mol. The Hall–Kier alpha value is -0.830. The lowest BCUT2D eigenvalue weighted by Gasteiger charge is -2.05. The molecular weight excluding hydrogens is 252 g/mol. The van der Waals surface area contributed by atoms with Crippen LogP contribution in [0.15, 0.2) is 12.7 Å². The quantitative estimate of drug-likeness (QED) is 0.249. The van der Waals surface area contributed by atoms with Crippen molar-refractivity contribution in [3.05, 3.63) is 12.7 Å². The fraction of sp³-hybridized carbons (Fsp3) is 0.824. The molecule has 3 nitrogen and oxygen atoms in total. The van der Waals surface area contributed by atoms with E-state index in [0.717, 1.165) is 12.8 Å². The Balaban J connectivity index is 3.13. The molecule has 0 aliphatic rings. The number of ether oxygens (including phenoxy) is 2. The van der Waals surface area contributed by atoms with Gasteiger partial charge in [0.1, 0.15) is 6.61 Å². The van der Waals surface area contributed by atoms with Crippen molar-refractivity contribution in [2.45, 2.75) is 71.1 Å². The van der Waals surface area contributed by atoms with Crippen LogP contribution >= 0.6 is 0 Å². The van der Waals surface area contributed by atoms with E-state index >= 15 is 0 Å². The molecule has 0 saturated heterocycles. The largest absolute Gasteiger partial charge is 0.463 e. The average Bonchev–Trinajstić information content (AvgIpc) is 2.45. The zero-order valence-corrected chi connectivity index (χ0v) is 13.2. The van der Waals surface area contributed by atoms with E-state index in [1.807, 2.05) is 0 Å². The first-order chi connectivity index (χ1) is 9.81. The highest BCUT2D eigenvalue weighted by atomic mass is 16.6. The van der Waals surface area contributed by atoms with Gasteiger partial charge in [-0.15, -0.1) is 6.58 Å². The van der Waals surface area contributed by atoms with Gasteiger partial charge in [-0.05, 0) is 6.42 Å². The fourth-order valence-electron chi connectivity index (χ4n) is 2.03. The molecule has 3 heteroatoms. The highest BCUT2D eigenvalue weighted by Gasteiger charge is 2.02. The molecule has 0 saturated carbocycles. The molecule has 0 rings (SSSR count). The van der Waals surface area contributed by atoms with Gasteiger partial charge in [-0.2, -0.15) is 0 Å². The zero-order valence-electron chi connectivity index (χ0n) is 13.2. The summed E-state index contributed by atoms with van der Waals surface area (Å²) in [6.07, 6.45) is 13.6. The Morgan fingerprint density at radius 1 is 0.950 bits per heavy atom. The first-order valence-corrected chi connectivity index (χ1v) is 8.15. The van der Waals surface area contributed by atoms with E-state index in [2.05, 4.69) is 13.5 Å². The van der Waals surface area contributed by atoms with Gasteiger partial charge in [0.2, 0.25) is 0 Å². The maximum atomic E-state index is 11.4. The Bertz CT molecular complexity index is 226. The SMILES string of the molecule is C=CCOCCOC(=O)CCCCCCCCCCC. The molecule has 0 aromatic carbocycles. The van der Waals surface area contributed by atoms with E-state index < -0.39 is 0 Å². The molecule has 0 radical (unpaired) electrons. The van der Waals surface area contributed by atoms with Crippen LogP contribution in [0.4, 0.5) is 0 Å². The van der Waals surface area contributed by atoms with Crippen LogP contribution in [0.1, 0.15) is 71.1 Å². The van der Waals surface area contributed by atoms with E-state index in [-0.39, 0.29) is 5.97 Å². The van der Waals surface area contributed by atoms with Crippen molar-refractivity contribution in [3.8, 4) is 0 Å². The lowest BCUT2D eigenvalue weighted by molar-refractivity contribution is -0.145. The van der Waals surface area contributed by atoms with Crippen molar-refractivity contribution in [2.24, 2.45) is 0 Å². The van der Waals surface area contributed by atoms with Gasteiger partial charge in [-0.25, -0.2) is 0 Å². The van der Waals surface area contributed by atoms with Crippen LogP contribution < -0.4 is 0 Å². The van der Waals surface area contributed by atoms with Gasteiger partial charge in [0.25, 0.3) is 0 Å². The minimum atomic E-state index is -0.102. The summed E-state index contributed by atoms with van der Waals surface area (Å²) in [6, 6.07) is 0. The first-order valence-electron chi connectivity index (χ1n) is 8.15. The van der Waals surface area contributed by atoms with Crippen LogP contribution in [0, 0.1) is 0 Å². The van der Waals surface area contributed by atoms with Crippen molar-refractivity contribution >= 4 is 5.97 Å². The molecule has 0 N–H and O–H groups in total. The number of rotatable bonds is 15. The van der Waals surface area contributed by atoms with Gasteiger partial charge in [0.15, 0.2) is 0 Å². The lowest BCUT2D eigenvalue weighted by Crippen LogP contribution is -2.10. The van der Waals surface area contributed by atoms with Gasteiger partial charge in [0.05, 0.1) is 13.2 Å². The highest BCUT2D eigenvalue weighted by molar-refractivity contribution is 5.69. The summed E-state index contributed by atoms with van der Waals surface area (Å²) in [7, 11) is 0. The minimum absolute atomic E-state index is 0.102. The van der Waals surface area contributed by atoms with Crippen molar-refractivity contribution in [1.82, 2.24) is 0 Å². The molecule has 0 aliphatic carbocycles. The van der Waals surface area contributed by atoms with E-state index in [4.69, 9.17) is 9.47 Å². The predicted molar refractivity (Wildman–Crippen MR) is 83.8 cm³/mol. The maximum Gasteiger partial charge on any atom is 0.305 e. The van der Waals surface area contributed by atoms with E-state index in [1.165, 1.54) is 44.9 Å². The summed E-state index contributed by atoms with van der Waals surface area (Å²) < 4.78 is 10.2. The smallest absolute Gasteiger partial charge is 0.305 e.